The summed E-state index contributed by atoms with van der Waals surface area (Å²) in [4.78, 5) is -2.28. The van der Waals surface area contributed by atoms with Crippen molar-refractivity contribution in [2.45, 2.75) is 14.7 Å². The maximum Gasteiger partial charge on any atom is 0.295 e. The van der Waals surface area contributed by atoms with Crippen LogP contribution in [0.5, 0.6) is 0 Å². The minimum Gasteiger partial charge on any atom is -0.698 e. The van der Waals surface area contributed by atoms with E-state index in [0.29, 0.717) is 6.07 Å². The molecule has 0 fully saturated rings. The quantitative estimate of drug-likeness (QED) is 0.257. The van der Waals surface area contributed by atoms with E-state index in [1.165, 1.54) is 18.2 Å². The van der Waals surface area contributed by atoms with Crippen molar-refractivity contribution in [2.75, 3.05) is 0 Å². The average molecular weight is 545 g/mol. The van der Waals surface area contributed by atoms with E-state index in [-0.39, 0.29) is 70.7 Å². The molecule has 1 radical (unpaired) electrons. The fourth-order valence-corrected chi connectivity index (χ4v) is 5.76. The van der Waals surface area contributed by atoms with Crippen LogP contribution in [-0.4, -0.2) is 38.9 Å². The zero-order valence-electron chi connectivity index (χ0n) is 14.6. The van der Waals surface area contributed by atoms with Crippen LogP contribution in [0.3, 0.4) is 0 Å². The third kappa shape index (κ3) is 3.48. The topological polar surface area (TPSA) is 187 Å². The second kappa shape index (κ2) is 7.03. The number of hydrogen-bond donors (Lipinski definition) is 3. The average Bonchev–Trinajstić information content (AvgIpc) is 2.57. The molecule has 0 atom stereocenters. The largest absolute Gasteiger partial charge is 0.698 e. The van der Waals surface area contributed by atoms with E-state index >= 15 is 0 Å². The van der Waals surface area contributed by atoms with Crippen LogP contribution in [0.15, 0.2) is 51.1 Å². The minimum absolute atomic E-state index is 0. The summed E-state index contributed by atoms with van der Waals surface area (Å²) in [7, 11) is -14.7. The van der Waals surface area contributed by atoms with Crippen molar-refractivity contribution in [2.24, 2.45) is 0 Å². The maximum absolute atomic E-state index is 11.9. The molecule has 0 unspecified atom stereocenters. The van der Waals surface area contributed by atoms with E-state index in [1.807, 2.05) is 0 Å². The summed E-state index contributed by atoms with van der Waals surface area (Å²) in [5.74, 6) is 0. The van der Waals surface area contributed by atoms with E-state index < -0.39 is 45.0 Å². The van der Waals surface area contributed by atoms with Gasteiger partial charge in [-0.15, -0.1) is 5.69 Å². The van der Waals surface area contributed by atoms with Crippen LogP contribution < -0.4 is 0 Å². The van der Waals surface area contributed by atoms with Crippen molar-refractivity contribution in [1.82, 2.24) is 0 Å². The standard InChI is InChI=1S/C16H10NO9S3.Y/c17-11-5-12(27(18,19)20)8-3-4-10-14(29(24,25)26)6-13(28(21,22)23)9-2-1-7(11)15(8)16(9)10;/h1-6,17H,(H,18,19,20)(H,21,22,23)(H,24,25,26);/q-1;. The van der Waals surface area contributed by atoms with Crippen LogP contribution in [0.4, 0.5) is 5.69 Å². The molecule has 0 spiro atoms. The van der Waals surface area contributed by atoms with Crippen molar-refractivity contribution in [1.29, 1.82) is 0 Å². The number of hydrogen-bond acceptors (Lipinski definition) is 6. The Labute approximate surface area is 195 Å². The number of rotatable bonds is 3. The predicted molar refractivity (Wildman–Crippen MR) is 104 cm³/mol. The first-order chi connectivity index (χ1) is 13.2. The molecule has 0 saturated carbocycles. The Morgan fingerprint density at radius 3 is 1.23 bits per heavy atom. The molecule has 0 bridgehead atoms. The minimum atomic E-state index is -4.95. The third-order valence-electron chi connectivity index (χ3n) is 4.62. The zero-order valence-corrected chi connectivity index (χ0v) is 19.8. The second-order valence-electron chi connectivity index (χ2n) is 6.29. The molecule has 0 saturated heterocycles. The van der Waals surface area contributed by atoms with Gasteiger partial charge in [0.05, 0.1) is 0 Å². The third-order valence-corrected chi connectivity index (χ3v) is 7.30. The second-order valence-corrected chi connectivity index (χ2v) is 10.5. The Kier molecular flexibility index (Phi) is 5.45. The van der Waals surface area contributed by atoms with Crippen LogP contribution in [-0.2, 0) is 63.1 Å². The first-order valence-electron chi connectivity index (χ1n) is 7.64. The first-order valence-corrected chi connectivity index (χ1v) is 12.0. The summed E-state index contributed by atoms with van der Waals surface area (Å²) in [6, 6.07) is 6.35. The molecule has 0 aliphatic carbocycles. The van der Waals surface area contributed by atoms with E-state index in [1.54, 1.807) is 0 Å². The molecule has 30 heavy (non-hydrogen) atoms. The van der Waals surface area contributed by atoms with Gasteiger partial charge in [-0.25, -0.2) is 0 Å². The van der Waals surface area contributed by atoms with Gasteiger partial charge < -0.3 is 5.73 Å². The molecule has 4 N–H and O–H groups in total. The van der Waals surface area contributed by atoms with E-state index in [9.17, 15) is 38.9 Å². The summed E-state index contributed by atoms with van der Waals surface area (Å²) in [6.45, 7) is 0. The molecule has 0 aliphatic rings. The summed E-state index contributed by atoms with van der Waals surface area (Å²) in [5, 5.41) is -0.387. The van der Waals surface area contributed by atoms with Gasteiger partial charge in [-0.05, 0) is 16.8 Å². The van der Waals surface area contributed by atoms with Gasteiger partial charge in [-0.2, -0.15) is 25.3 Å². The molecule has 0 heterocycles. The molecule has 10 nitrogen and oxygen atoms in total. The van der Waals surface area contributed by atoms with Gasteiger partial charge in [0.25, 0.3) is 30.4 Å². The molecule has 4 aromatic carbocycles. The monoisotopic (exact) mass is 545 g/mol. The molecule has 4 aromatic rings. The molecular formula is C16H10NO9S3Y-. The number of nitrogens with one attached hydrogen (secondary N) is 1. The van der Waals surface area contributed by atoms with Gasteiger partial charge in [0.2, 0.25) is 0 Å². The van der Waals surface area contributed by atoms with Crippen molar-refractivity contribution in [3.05, 3.63) is 42.1 Å². The maximum atomic E-state index is 11.9. The number of benzene rings is 4. The Morgan fingerprint density at radius 2 is 0.867 bits per heavy atom. The van der Waals surface area contributed by atoms with Crippen molar-refractivity contribution in [3.8, 4) is 0 Å². The summed E-state index contributed by atoms with van der Waals surface area (Å²) in [5.41, 5.74) is 7.74. The van der Waals surface area contributed by atoms with Gasteiger partial charge in [0, 0.05) is 54.3 Å². The van der Waals surface area contributed by atoms with Gasteiger partial charge in [-0.3, -0.25) is 13.7 Å². The molecule has 0 amide bonds. The van der Waals surface area contributed by atoms with Crippen molar-refractivity contribution < 1.29 is 71.6 Å². The predicted octanol–water partition coefficient (Wildman–Crippen LogP) is 3.01. The first kappa shape index (κ1) is 23.2. The van der Waals surface area contributed by atoms with Crippen LogP contribution in [0.1, 0.15) is 0 Å². The SMILES string of the molecule is [NH-]c1cc(S(=O)(=O)O)c2ccc3c(S(=O)(=O)O)cc(S(=O)(=O)O)c4ccc1c2c43.[Y]. The van der Waals surface area contributed by atoms with Gasteiger partial charge >= 0.3 is 0 Å². The van der Waals surface area contributed by atoms with Crippen LogP contribution in [0.25, 0.3) is 38.1 Å². The van der Waals surface area contributed by atoms with E-state index in [0.717, 1.165) is 12.1 Å². The molecule has 155 valence electrons. The summed E-state index contributed by atoms with van der Waals surface area (Å²) >= 11 is 0. The fourth-order valence-electron chi connectivity index (χ4n) is 3.54. The summed E-state index contributed by atoms with van der Waals surface area (Å²) in [6.07, 6.45) is 0. The van der Waals surface area contributed by atoms with E-state index in [4.69, 9.17) is 5.73 Å². The normalized spacial score (nSPS) is 13.2. The molecule has 0 aromatic heterocycles. The smallest absolute Gasteiger partial charge is 0.295 e. The molecular weight excluding hydrogens is 535 g/mol. The zero-order chi connectivity index (χ0) is 21.5. The Bertz CT molecular complexity index is 1630. The van der Waals surface area contributed by atoms with E-state index in [2.05, 4.69) is 0 Å². The van der Waals surface area contributed by atoms with Crippen LogP contribution in [0, 0.1) is 0 Å². The van der Waals surface area contributed by atoms with Gasteiger partial charge in [0.1, 0.15) is 14.7 Å². The molecule has 0 aliphatic heterocycles. The van der Waals surface area contributed by atoms with Gasteiger partial charge in [-0.1, -0.05) is 30.3 Å². The Morgan fingerprint density at radius 1 is 0.567 bits per heavy atom. The Hall–Kier alpha value is -1.45. The van der Waals surface area contributed by atoms with Crippen LogP contribution >= 0.6 is 0 Å². The van der Waals surface area contributed by atoms with Crippen molar-refractivity contribution >= 4 is 68.4 Å². The van der Waals surface area contributed by atoms with Crippen molar-refractivity contribution in [3.63, 3.8) is 0 Å². The Balaban J connectivity index is 0.00000256. The van der Waals surface area contributed by atoms with Crippen LogP contribution in [0.2, 0.25) is 0 Å². The van der Waals surface area contributed by atoms with Gasteiger partial charge in [0.15, 0.2) is 0 Å². The molecule has 14 heteroatoms. The summed E-state index contributed by atoms with van der Waals surface area (Å²) < 4.78 is 99.7. The fraction of sp³-hybridized carbons (Fsp3) is 0. The molecule has 4 rings (SSSR count).